The molecule has 4 aliphatic heterocycles. The number of rotatable bonds is 5. The van der Waals surface area contributed by atoms with Crippen LogP contribution in [0.4, 0.5) is 16.3 Å². The normalized spacial score (nSPS) is 25.3. The van der Waals surface area contributed by atoms with Crippen molar-refractivity contribution < 1.29 is 14.3 Å². The van der Waals surface area contributed by atoms with Gasteiger partial charge in [-0.2, -0.15) is 15.2 Å². The number of carbonyl (C=O) groups is 1. The fourth-order valence-electron chi connectivity index (χ4n) is 8.22. The third kappa shape index (κ3) is 6.02. The Bertz CT molecular complexity index is 1550. The Kier molecular flexibility index (Phi) is 8.30. The summed E-state index contributed by atoms with van der Waals surface area (Å²) in [5.41, 5.74) is 6.54. The van der Waals surface area contributed by atoms with Gasteiger partial charge in [0.15, 0.2) is 0 Å². The highest BCUT2D eigenvalue weighted by molar-refractivity contribution is 5.82. The number of aromatic nitrogens is 2. The average molecular weight is 626 g/mol. The van der Waals surface area contributed by atoms with Crippen LogP contribution in [0.3, 0.4) is 0 Å². The highest BCUT2D eigenvalue weighted by Crippen LogP contribution is 2.41. The molecule has 5 heterocycles. The third-order valence-corrected chi connectivity index (χ3v) is 10.4. The Hall–Kier alpha value is -3.84. The van der Waals surface area contributed by atoms with E-state index in [1.807, 2.05) is 25.7 Å². The molecule has 0 radical (unpaired) electrons. The molecule has 244 valence electrons. The maximum atomic E-state index is 13.2. The minimum Gasteiger partial charge on any atom is -0.462 e. The largest absolute Gasteiger partial charge is 0.462 e. The molecule has 0 saturated carbocycles. The van der Waals surface area contributed by atoms with E-state index in [9.17, 15) is 10.1 Å². The van der Waals surface area contributed by atoms with E-state index in [1.54, 1.807) is 6.08 Å². The lowest BCUT2D eigenvalue weighted by Gasteiger charge is -2.43. The van der Waals surface area contributed by atoms with Crippen LogP contribution in [0.25, 0.3) is 5.57 Å². The number of likely N-dealkylation sites (tertiary alicyclic amines) is 1. The van der Waals surface area contributed by atoms with E-state index < -0.39 is 5.60 Å². The molecule has 3 saturated heterocycles. The van der Waals surface area contributed by atoms with Gasteiger partial charge in [-0.05, 0) is 103 Å². The summed E-state index contributed by atoms with van der Waals surface area (Å²) in [5, 5.41) is 9.54. The van der Waals surface area contributed by atoms with Gasteiger partial charge in [-0.1, -0.05) is 12.1 Å². The van der Waals surface area contributed by atoms with Gasteiger partial charge in [-0.3, -0.25) is 4.90 Å². The van der Waals surface area contributed by atoms with Crippen LogP contribution < -0.4 is 14.5 Å². The lowest BCUT2D eigenvalue weighted by molar-refractivity contribution is 0.0122. The average Bonchev–Trinajstić information content (AvgIpc) is 3.56. The Labute approximate surface area is 273 Å². The molecular formula is C36H47N7O3. The Morgan fingerprint density at radius 1 is 1.04 bits per heavy atom. The number of aryl methyl sites for hydroxylation is 1. The molecular weight excluding hydrogens is 578 g/mol. The predicted molar refractivity (Wildman–Crippen MR) is 178 cm³/mol. The zero-order chi connectivity index (χ0) is 32.0. The van der Waals surface area contributed by atoms with Crippen molar-refractivity contribution in [1.82, 2.24) is 19.8 Å². The molecule has 0 N–H and O–H groups in total. The minimum atomic E-state index is -0.520. The quantitative estimate of drug-likeness (QED) is 0.408. The van der Waals surface area contributed by atoms with Gasteiger partial charge >= 0.3 is 12.1 Å². The second kappa shape index (κ2) is 12.4. The van der Waals surface area contributed by atoms with Crippen LogP contribution in [0.15, 0.2) is 24.3 Å². The zero-order valence-corrected chi connectivity index (χ0v) is 27.8. The number of nitriles is 1. The summed E-state index contributed by atoms with van der Waals surface area (Å²) in [5.74, 6) is 0.959. The van der Waals surface area contributed by atoms with Gasteiger partial charge in [0.05, 0.1) is 30.4 Å². The van der Waals surface area contributed by atoms with Crippen molar-refractivity contribution in [3.8, 4) is 12.1 Å². The number of fused-ring (bicyclic) bond motifs is 4. The number of allylic oxidation sites excluding steroid dienone is 2. The van der Waals surface area contributed by atoms with Crippen LogP contribution in [0.5, 0.6) is 6.01 Å². The standard InChI is InChI=1S/C36H47N7O3/c1-36(2,3)46-35(44)43-26-13-14-27(43)21-42(20-26)33-29-16-19-41(31-12-6-10-24-8-5-9-25(15-17-37)32(24)31)22-30(29)38-34(39-33)45-23-28-11-7-18-40(28)4/h6,10,12,15,26-28H,5,7-9,11,13-14,16,18-23H2,1-4H3/b25-15+/t26?,27?,28-/m0/s1. The first-order valence-electron chi connectivity index (χ1n) is 17.1. The summed E-state index contributed by atoms with van der Waals surface area (Å²) in [6, 6.07) is 9.85. The second-order valence-electron chi connectivity index (χ2n) is 14.7. The molecule has 1 aromatic heterocycles. The highest BCUT2D eigenvalue weighted by Gasteiger charge is 2.45. The first kappa shape index (κ1) is 30.8. The van der Waals surface area contributed by atoms with Crippen molar-refractivity contribution >= 4 is 23.2 Å². The number of hydrogen-bond acceptors (Lipinski definition) is 9. The number of anilines is 2. The van der Waals surface area contributed by atoms with Gasteiger partial charge in [0.25, 0.3) is 0 Å². The molecule has 2 unspecified atom stereocenters. The molecule has 3 atom stereocenters. The predicted octanol–water partition coefficient (Wildman–Crippen LogP) is 5.34. The molecule has 0 spiro atoms. The number of carbonyl (C=O) groups excluding carboxylic acids is 1. The minimum absolute atomic E-state index is 0.0944. The summed E-state index contributed by atoms with van der Waals surface area (Å²) in [6.07, 6.45) is 9.63. The number of nitrogens with zero attached hydrogens (tertiary/aromatic N) is 7. The smallest absolute Gasteiger partial charge is 0.410 e. The van der Waals surface area contributed by atoms with Crippen molar-refractivity contribution in [3.63, 3.8) is 0 Å². The van der Waals surface area contributed by atoms with Crippen molar-refractivity contribution in [1.29, 1.82) is 5.26 Å². The van der Waals surface area contributed by atoms with Crippen LogP contribution in [0, 0.1) is 11.3 Å². The Morgan fingerprint density at radius 3 is 2.57 bits per heavy atom. The van der Waals surface area contributed by atoms with Crippen LogP contribution >= 0.6 is 0 Å². The molecule has 1 aromatic carbocycles. The van der Waals surface area contributed by atoms with Gasteiger partial charge < -0.3 is 24.2 Å². The van der Waals surface area contributed by atoms with E-state index in [2.05, 4.69) is 46.0 Å². The first-order chi connectivity index (χ1) is 22.2. The number of hydrogen-bond donors (Lipinski definition) is 0. The van der Waals surface area contributed by atoms with E-state index in [-0.39, 0.29) is 18.2 Å². The fourth-order valence-corrected chi connectivity index (χ4v) is 8.22. The topological polar surface area (TPSA) is 98.1 Å². The van der Waals surface area contributed by atoms with E-state index in [0.717, 1.165) is 88.2 Å². The third-order valence-electron chi connectivity index (χ3n) is 10.4. The molecule has 46 heavy (non-hydrogen) atoms. The van der Waals surface area contributed by atoms with Gasteiger partial charge in [-0.25, -0.2) is 4.79 Å². The van der Waals surface area contributed by atoms with Crippen LogP contribution in [0.2, 0.25) is 0 Å². The molecule has 10 nitrogen and oxygen atoms in total. The van der Waals surface area contributed by atoms with Crippen LogP contribution in [0.1, 0.15) is 81.7 Å². The van der Waals surface area contributed by atoms with Crippen molar-refractivity contribution in [2.24, 2.45) is 0 Å². The lowest BCUT2D eigenvalue weighted by Crippen LogP contribution is -2.57. The first-order valence-corrected chi connectivity index (χ1v) is 17.1. The molecule has 1 amide bonds. The van der Waals surface area contributed by atoms with Gasteiger partial charge in [0.1, 0.15) is 18.0 Å². The lowest BCUT2D eigenvalue weighted by atomic mass is 9.85. The SMILES string of the molecule is CN1CCC[C@H]1COc1nc2c(c(N3CC4CCC(C3)N4C(=O)OC(C)(C)C)n1)CCN(c1cccc3c1/C(=C/C#N)CCC3)C2. The monoisotopic (exact) mass is 625 g/mol. The van der Waals surface area contributed by atoms with Crippen LogP contribution in [-0.2, 0) is 24.1 Å². The summed E-state index contributed by atoms with van der Waals surface area (Å²) in [6.45, 7) is 10.4. The van der Waals surface area contributed by atoms with Crippen LogP contribution in [-0.4, -0.2) is 89.4 Å². The van der Waals surface area contributed by atoms with Gasteiger partial charge in [0, 0.05) is 48.6 Å². The number of likely N-dealkylation sites (N-methyl/N-ethyl adjacent to an activating group) is 1. The number of benzene rings is 1. The summed E-state index contributed by atoms with van der Waals surface area (Å²) >= 11 is 0. The molecule has 10 heteroatoms. The van der Waals surface area contributed by atoms with Gasteiger partial charge in [0.2, 0.25) is 0 Å². The van der Waals surface area contributed by atoms with E-state index in [4.69, 9.17) is 19.4 Å². The molecule has 2 aromatic rings. The zero-order valence-electron chi connectivity index (χ0n) is 27.8. The summed E-state index contributed by atoms with van der Waals surface area (Å²) in [4.78, 5) is 32.5. The number of piperazine rings is 1. The molecule has 7 rings (SSSR count). The van der Waals surface area contributed by atoms with Crippen molar-refractivity contribution in [3.05, 3.63) is 46.7 Å². The van der Waals surface area contributed by atoms with Gasteiger partial charge in [-0.15, -0.1) is 0 Å². The Balaban J connectivity index is 1.19. The van der Waals surface area contributed by atoms with Crippen molar-refractivity contribution in [2.75, 3.05) is 49.6 Å². The van der Waals surface area contributed by atoms with E-state index in [0.29, 0.717) is 25.2 Å². The van der Waals surface area contributed by atoms with Crippen molar-refractivity contribution in [2.45, 2.75) is 102 Å². The number of amides is 1. The molecule has 3 fully saturated rings. The molecule has 2 bridgehead atoms. The number of ether oxygens (including phenoxy) is 2. The molecule has 1 aliphatic carbocycles. The maximum Gasteiger partial charge on any atom is 0.410 e. The summed E-state index contributed by atoms with van der Waals surface area (Å²) < 4.78 is 12.2. The molecule has 5 aliphatic rings. The highest BCUT2D eigenvalue weighted by atomic mass is 16.6. The summed E-state index contributed by atoms with van der Waals surface area (Å²) in [7, 11) is 2.16. The van der Waals surface area contributed by atoms with E-state index >= 15 is 0 Å². The maximum absolute atomic E-state index is 13.2. The fraction of sp³-hybridized carbons (Fsp3) is 0.611. The van der Waals surface area contributed by atoms with E-state index in [1.165, 1.54) is 28.8 Å². The Morgan fingerprint density at radius 2 is 1.85 bits per heavy atom. The second-order valence-corrected chi connectivity index (χ2v) is 14.7.